The van der Waals surface area contributed by atoms with Crippen LogP contribution >= 0.6 is 23.2 Å². The van der Waals surface area contributed by atoms with Crippen molar-refractivity contribution in [2.45, 2.75) is 39.2 Å². The van der Waals surface area contributed by atoms with Crippen LogP contribution in [0, 0.1) is 0 Å². The monoisotopic (exact) mass is 357 g/mol. The minimum absolute atomic E-state index is 0.162. The molecule has 124 valence electrons. The van der Waals surface area contributed by atoms with Crippen LogP contribution in [-0.2, 0) is 9.53 Å². The number of carbonyl (C=O) groups excluding carboxylic acids is 3. The lowest BCUT2D eigenvalue weighted by Gasteiger charge is -2.24. The van der Waals surface area contributed by atoms with Gasteiger partial charge in [0.25, 0.3) is 11.8 Å². The lowest BCUT2D eigenvalue weighted by molar-refractivity contribution is -0.148. The van der Waals surface area contributed by atoms with E-state index < -0.39 is 23.8 Å². The van der Waals surface area contributed by atoms with E-state index >= 15 is 0 Å². The highest BCUT2D eigenvalue weighted by Crippen LogP contribution is 2.33. The summed E-state index contributed by atoms with van der Waals surface area (Å²) >= 11 is 11.8. The number of carbonyl (C=O) groups is 3. The summed E-state index contributed by atoms with van der Waals surface area (Å²) in [5, 5.41) is 0.379. The molecule has 2 rings (SSSR count). The van der Waals surface area contributed by atoms with Gasteiger partial charge in [0.15, 0.2) is 0 Å². The van der Waals surface area contributed by atoms with E-state index in [1.807, 2.05) is 6.92 Å². The third-order valence-corrected chi connectivity index (χ3v) is 4.38. The first-order chi connectivity index (χ1) is 10.9. The SMILES string of the molecule is CCCC[C@H](C(=O)OCC)N1C(=O)c2cc(Cl)c(Cl)cc2C1=O. The number of nitrogens with zero attached hydrogens (tertiary/aromatic N) is 1. The molecule has 0 N–H and O–H groups in total. The highest BCUT2D eigenvalue weighted by atomic mass is 35.5. The zero-order valence-corrected chi connectivity index (χ0v) is 14.4. The van der Waals surface area contributed by atoms with Crippen molar-refractivity contribution in [3.05, 3.63) is 33.3 Å². The number of imide groups is 1. The van der Waals surface area contributed by atoms with Gasteiger partial charge >= 0.3 is 5.97 Å². The maximum Gasteiger partial charge on any atom is 0.329 e. The lowest BCUT2D eigenvalue weighted by Crippen LogP contribution is -2.45. The van der Waals surface area contributed by atoms with Crippen molar-refractivity contribution < 1.29 is 19.1 Å². The minimum Gasteiger partial charge on any atom is -0.464 e. The first-order valence-corrected chi connectivity index (χ1v) is 8.21. The van der Waals surface area contributed by atoms with Gasteiger partial charge in [0.2, 0.25) is 0 Å². The van der Waals surface area contributed by atoms with E-state index in [0.29, 0.717) is 12.8 Å². The summed E-state index contributed by atoms with van der Waals surface area (Å²) in [5.41, 5.74) is 0.324. The molecule has 0 spiro atoms. The topological polar surface area (TPSA) is 63.7 Å². The number of halogens is 2. The molecule has 1 heterocycles. The first-order valence-electron chi connectivity index (χ1n) is 7.45. The fraction of sp³-hybridized carbons (Fsp3) is 0.438. The number of benzene rings is 1. The second-order valence-corrected chi connectivity index (χ2v) is 6.02. The molecule has 1 aromatic rings. The van der Waals surface area contributed by atoms with E-state index in [2.05, 4.69) is 0 Å². The summed E-state index contributed by atoms with van der Waals surface area (Å²) in [6.07, 6.45) is 1.89. The fourth-order valence-electron chi connectivity index (χ4n) is 2.52. The Morgan fingerprint density at radius 3 is 2.09 bits per heavy atom. The molecule has 0 bridgehead atoms. The standard InChI is InChI=1S/C16H17Cl2NO4/c1-3-5-6-13(16(22)23-4-2)19-14(20)9-7-11(17)12(18)8-10(9)15(19)21/h7-8,13H,3-6H2,1-2H3/t13-/m1/s1. The Bertz CT molecular complexity index is 619. The van der Waals surface area contributed by atoms with Crippen molar-refractivity contribution in [2.75, 3.05) is 6.61 Å². The average molecular weight is 358 g/mol. The number of amides is 2. The van der Waals surface area contributed by atoms with Crippen LogP contribution in [0.25, 0.3) is 0 Å². The Kier molecular flexibility index (Phi) is 5.65. The van der Waals surface area contributed by atoms with Gasteiger partial charge in [0.1, 0.15) is 6.04 Å². The maximum absolute atomic E-state index is 12.6. The Balaban J connectivity index is 2.39. The molecule has 0 fully saturated rings. The summed E-state index contributed by atoms with van der Waals surface area (Å²) in [7, 11) is 0. The highest BCUT2D eigenvalue weighted by Gasteiger charge is 2.43. The average Bonchev–Trinajstić information content (AvgIpc) is 2.73. The van der Waals surface area contributed by atoms with Crippen molar-refractivity contribution in [2.24, 2.45) is 0 Å². The molecule has 1 aliphatic rings. The minimum atomic E-state index is -0.931. The molecule has 0 unspecified atom stereocenters. The summed E-state index contributed by atoms with van der Waals surface area (Å²) in [5.74, 6) is -1.66. The number of ether oxygens (including phenoxy) is 1. The third-order valence-electron chi connectivity index (χ3n) is 3.66. The van der Waals surface area contributed by atoms with Gasteiger partial charge in [0.05, 0.1) is 27.8 Å². The van der Waals surface area contributed by atoms with Gasteiger partial charge in [-0.05, 0) is 25.5 Å². The van der Waals surface area contributed by atoms with Gasteiger partial charge < -0.3 is 4.74 Å². The summed E-state index contributed by atoms with van der Waals surface area (Å²) < 4.78 is 5.02. The molecule has 0 saturated heterocycles. The van der Waals surface area contributed by atoms with Crippen LogP contribution < -0.4 is 0 Å². The predicted molar refractivity (Wildman–Crippen MR) is 86.9 cm³/mol. The Labute approximate surface area is 144 Å². The van der Waals surface area contributed by atoms with Crippen molar-refractivity contribution >= 4 is 41.0 Å². The molecule has 1 aromatic carbocycles. The van der Waals surface area contributed by atoms with E-state index in [9.17, 15) is 14.4 Å². The second kappa shape index (κ2) is 7.32. The molecule has 0 aromatic heterocycles. The number of unbranched alkanes of at least 4 members (excludes halogenated alkanes) is 1. The molecule has 0 saturated carbocycles. The smallest absolute Gasteiger partial charge is 0.329 e. The van der Waals surface area contributed by atoms with Crippen LogP contribution in [0.1, 0.15) is 53.8 Å². The van der Waals surface area contributed by atoms with Crippen molar-refractivity contribution in [3.63, 3.8) is 0 Å². The van der Waals surface area contributed by atoms with Crippen molar-refractivity contribution in [3.8, 4) is 0 Å². The van der Waals surface area contributed by atoms with Crippen molar-refractivity contribution in [1.29, 1.82) is 0 Å². The second-order valence-electron chi connectivity index (χ2n) is 5.20. The molecular weight excluding hydrogens is 341 g/mol. The Hall–Kier alpha value is -1.59. The van der Waals surface area contributed by atoms with Gasteiger partial charge in [-0.2, -0.15) is 0 Å². The molecule has 7 heteroatoms. The molecule has 23 heavy (non-hydrogen) atoms. The van der Waals surface area contributed by atoms with Crippen LogP contribution in [0.2, 0.25) is 10.0 Å². The van der Waals surface area contributed by atoms with Crippen LogP contribution in [0.15, 0.2) is 12.1 Å². The maximum atomic E-state index is 12.6. The van der Waals surface area contributed by atoms with Crippen LogP contribution in [0.3, 0.4) is 0 Å². The normalized spacial score (nSPS) is 14.9. The Morgan fingerprint density at radius 2 is 1.65 bits per heavy atom. The number of esters is 1. The van der Waals surface area contributed by atoms with E-state index in [1.165, 1.54) is 12.1 Å². The van der Waals surface area contributed by atoms with Gasteiger partial charge in [0, 0.05) is 0 Å². The first kappa shape index (κ1) is 17.8. The molecule has 1 aliphatic heterocycles. The van der Waals surface area contributed by atoms with E-state index in [4.69, 9.17) is 27.9 Å². The molecule has 0 radical (unpaired) electrons. The summed E-state index contributed by atoms with van der Waals surface area (Å²) in [4.78, 5) is 38.3. The molecule has 0 aliphatic carbocycles. The lowest BCUT2D eigenvalue weighted by atomic mass is 10.1. The predicted octanol–water partition coefficient (Wildman–Crippen LogP) is 3.71. The number of rotatable bonds is 6. The van der Waals surface area contributed by atoms with Crippen molar-refractivity contribution in [1.82, 2.24) is 4.90 Å². The fourth-order valence-corrected chi connectivity index (χ4v) is 2.85. The van der Waals surface area contributed by atoms with Crippen LogP contribution in [0.4, 0.5) is 0 Å². The summed E-state index contributed by atoms with van der Waals surface area (Å²) in [6.45, 7) is 3.82. The van der Waals surface area contributed by atoms with E-state index in [-0.39, 0.29) is 27.8 Å². The zero-order valence-electron chi connectivity index (χ0n) is 12.9. The molecular formula is C16H17Cl2NO4. The Morgan fingerprint density at radius 1 is 1.13 bits per heavy atom. The van der Waals surface area contributed by atoms with Gasteiger partial charge in [-0.3, -0.25) is 14.5 Å². The van der Waals surface area contributed by atoms with Gasteiger partial charge in [-0.25, -0.2) is 4.79 Å². The van der Waals surface area contributed by atoms with E-state index in [0.717, 1.165) is 11.3 Å². The molecule has 5 nitrogen and oxygen atoms in total. The van der Waals surface area contributed by atoms with E-state index in [1.54, 1.807) is 6.92 Å². The molecule has 1 atom stereocenters. The summed E-state index contributed by atoms with van der Waals surface area (Å²) in [6, 6.07) is 1.79. The van der Waals surface area contributed by atoms with Crippen LogP contribution in [-0.4, -0.2) is 35.3 Å². The van der Waals surface area contributed by atoms with Crippen LogP contribution in [0.5, 0.6) is 0 Å². The third kappa shape index (κ3) is 3.35. The quantitative estimate of drug-likeness (QED) is 0.574. The van der Waals surface area contributed by atoms with Gasteiger partial charge in [-0.1, -0.05) is 43.0 Å². The molecule has 2 amide bonds. The highest BCUT2D eigenvalue weighted by molar-refractivity contribution is 6.43. The number of hydrogen-bond acceptors (Lipinski definition) is 4. The van der Waals surface area contributed by atoms with Gasteiger partial charge in [-0.15, -0.1) is 0 Å². The zero-order chi connectivity index (χ0) is 17.1. The largest absolute Gasteiger partial charge is 0.464 e. The number of hydrogen-bond donors (Lipinski definition) is 0. The number of fused-ring (bicyclic) bond motifs is 1.